The van der Waals surface area contributed by atoms with Crippen LogP contribution in [0.4, 0.5) is 5.69 Å². The molecule has 3 aromatic carbocycles. The van der Waals surface area contributed by atoms with E-state index in [1.54, 1.807) is 76.5 Å². The molecule has 4 amide bonds. The highest BCUT2D eigenvalue weighted by Gasteiger charge is 2.40. The van der Waals surface area contributed by atoms with Gasteiger partial charge in [0.05, 0.1) is 136 Å². The number of carboxylic acids is 4. The zero-order valence-electron chi connectivity index (χ0n) is 56.9. The number of likely N-dealkylation sites (tertiary alicyclic amines) is 1. The molecular weight excluding hydrogens is 1350 g/mol. The van der Waals surface area contributed by atoms with Crippen LogP contribution in [-0.4, -0.2) is 315 Å². The molecule has 5 N–H and O–H groups in total. The van der Waals surface area contributed by atoms with E-state index >= 15 is 0 Å². The third kappa shape index (κ3) is 23.8. The first-order valence-corrected chi connectivity index (χ1v) is 34.3. The summed E-state index contributed by atoms with van der Waals surface area (Å²) in [5.41, 5.74) is 3.57. The van der Waals surface area contributed by atoms with Gasteiger partial charge in [0.15, 0.2) is 5.69 Å². The van der Waals surface area contributed by atoms with Gasteiger partial charge in [-0.3, -0.25) is 58.0 Å². The molecule has 0 aliphatic carbocycles. The standard InChI is InChI=1S/C68H92Cl2N10O20/c1-68(2)46-99-26-23-79(68)67(92)65-55-45-100-57-40-56(93-3)53(39-54(57)66(55)80(72-65)52-37-48(69)36-49(70)38-52)47-5-4-6-50(35-47)71-58(81)7-8-59(82)78(22-25-95-28-30-97-32-34-98-33-31-96-29-27-94-24-11-61(84)85)51-9-12-77(13-10-51)60(83)41-73-14-16-74(42-62(86)87)18-20-76(44-64(90)91)21-19-75(17-15-73)43-63(88)89/h4-6,35-40,51H,7-34,41-46H2,1-3H3,(H,71,81)(H,84,85)(H,86,87)(H,88,89)(H,90,91). The maximum absolute atomic E-state index is 14.6. The van der Waals surface area contributed by atoms with Crippen LogP contribution in [0.3, 0.4) is 0 Å². The molecule has 0 unspecified atom stereocenters. The predicted octanol–water partition coefficient (Wildman–Crippen LogP) is 4.24. The Morgan fingerprint density at radius 2 is 1.16 bits per heavy atom. The number of nitrogens with zero attached hydrogens (tertiary/aromatic N) is 9. The number of ether oxygens (including phenoxy) is 8. The molecule has 4 aromatic rings. The normalized spacial score (nSPS) is 16.7. The average molecular weight is 1440 g/mol. The molecule has 3 fully saturated rings. The fourth-order valence-corrected chi connectivity index (χ4v) is 12.8. The third-order valence-electron chi connectivity index (χ3n) is 17.5. The molecular formula is C68H92Cl2N10O20. The molecule has 100 heavy (non-hydrogen) atoms. The summed E-state index contributed by atoms with van der Waals surface area (Å²) in [6, 6.07) is 15.5. The van der Waals surface area contributed by atoms with E-state index in [2.05, 4.69) is 5.32 Å². The van der Waals surface area contributed by atoms with Gasteiger partial charge in [-0.2, -0.15) is 5.10 Å². The zero-order chi connectivity index (χ0) is 71.7. The van der Waals surface area contributed by atoms with E-state index in [0.29, 0.717) is 140 Å². The number of aliphatic carboxylic acids is 4. The van der Waals surface area contributed by atoms with Gasteiger partial charge < -0.3 is 78.3 Å². The molecule has 30 nitrogen and oxygen atoms in total. The van der Waals surface area contributed by atoms with Crippen LogP contribution in [0, 0.1) is 0 Å². The summed E-state index contributed by atoms with van der Waals surface area (Å²) in [7, 11) is 1.54. The number of carbonyl (C=O) groups excluding carboxylic acids is 4. The van der Waals surface area contributed by atoms with E-state index in [4.69, 9.17) is 71.3 Å². The number of rotatable bonds is 35. The van der Waals surface area contributed by atoms with Crippen molar-refractivity contribution in [1.82, 2.24) is 44.1 Å². The molecule has 548 valence electrons. The van der Waals surface area contributed by atoms with Crippen LogP contribution < -0.4 is 14.8 Å². The van der Waals surface area contributed by atoms with Crippen LogP contribution in [-0.2, 0) is 68.6 Å². The number of carboxylic acid groups (broad SMARTS) is 4. The van der Waals surface area contributed by atoms with Crippen molar-refractivity contribution in [1.29, 1.82) is 0 Å². The fraction of sp³-hybridized carbons (Fsp3) is 0.574. The molecule has 32 heteroatoms. The minimum absolute atomic E-state index is 0.0225. The highest BCUT2D eigenvalue weighted by atomic mass is 35.5. The molecule has 4 aliphatic heterocycles. The number of methoxy groups -OCH3 is 1. The van der Waals surface area contributed by atoms with Gasteiger partial charge in [-0.15, -0.1) is 0 Å². The predicted molar refractivity (Wildman–Crippen MR) is 365 cm³/mol. The number of benzene rings is 3. The van der Waals surface area contributed by atoms with Gasteiger partial charge >= 0.3 is 23.9 Å². The van der Waals surface area contributed by atoms with Crippen molar-refractivity contribution in [2.24, 2.45) is 0 Å². The monoisotopic (exact) mass is 1440 g/mol. The SMILES string of the molecule is COc1cc2c(cc1-c1cccc(NC(=O)CCC(=O)N(CCOCCOCCOCCOCCOCCC(=O)O)C3CCN(C(=O)CN4CCN(CC(=O)O)CCN(CC(=O)O)CCN(CC(=O)O)CC4)CC3)c1)-c1c(c(C(=O)N3CCOCC3(C)C)nn1-c1cc(Cl)cc(Cl)c1)CO2. The number of hydrogen-bond donors (Lipinski definition) is 5. The summed E-state index contributed by atoms with van der Waals surface area (Å²) < 4.78 is 47.6. The number of fused-ring (bicyclic) bond motifs is 3. The lowest BCUT2D eigenvalue weighted by molar-refractivity contribution is -0.141. The minimum atomic E-state index is -1.06. The Bertz CT molecular complexity index is 3390. The second-order valence-electron chi connectivity index (χ2n) is 25.2. The molecule has 8 rings (SSSR count). The highest BCUT2D eigenvalue weighted by molar-refractivity contribution is 6.35. The third-order valence-corrected chi connectivity index (χ3v) is 17.9. The second-order valence-corrected chi connectivity index (χ2v) is 26.1. The Hall–Kier alpha value is -7.59. The summed E-state index contributed by atoms with van der Waals surface area (Å²) in [5.74, 6) is -4.37. The molecule has 0 atom stereocenters. The molecule has 0 radical (unpaired) electrons. The lowest BCUT2D eigenvalue weighted by Crippen LogP contribution is -2.55. The molecule has 0 saturated carbocycles. The first-order chi connectivity index (χ1) is 48.0. The number of hydrogen-bond acceptors (Lipinski definition) is 21. The first-order valence-electron chi connectivity index (χ1n) is 33.5. The van der Waals surface area contributed by atoms with Crippen LogP contribution in [0.2, 0.25) is 10.0 Å². The Balaban J connectivity index is 0.916. The molecule has 1 aromatic heterocycles. The van der Waals surface area contributed by atoms with E-state index in [9.17, 15) is 53.7 Å². The lowest BCUT2D eigenvalue weighted by atomic mass is 9.95. The van der Waals surface area contributed by atoms with Crippen molar-refractivity contribution >= 4 is 76.4 Å². The quantitative estimate of drug-likeness (QED) is 0.0402. The van der Waals surface area contributed by atoms with Crippen molar-refractivity contribution in [3.05, 3.63) is 75.9 Å². The topological polar surface area (TPSA) is 344 Å². The van der Waals surface area contributed by atoms with Gasteiger partial charge in [0.25, 0.3) is 5.91 Å². The lowest BCUT2D eigenvalue weighted by Gasteiger charge is -2.41. The summed E-state index contributed by atoms with van der Waals surface area (Å²) in [4.78, 5) is 115. The van der Waals surface area contributed by atoms with Gasteiger partial charge in [0.1, 0.15) is 18.1 Å². The van der Waals surface area contributed by atoms with Crippen molar-refractivity contribution in [2.75, 3.05) is 196 Å². The van der Waals surface area contributed by atoms with Crippen LogP contribution in [0.25, 0.3) is 28.1 Å². The largest absolute Gasteiger partial charge is 0.496 e. The molecule has 4 aliphatic rings. The number of piperidine rings is 1. The summed E-state index contributed by atoms with van der Waals surface area (Å²) in [6.45, 7) is 9.41. The minimum Gasteiger partial charge on any atom is -0.496 e. The molecule has 3 saturated heterocycles. The van der Waals surface area contributed by atoms with E-state index in [1.165, 1.54) is 7.11 Å². The second kappa shape index (κ2) is 39.0. The zero-order valence-corrected chi connectivity index (χ0v) is 58.4. The summed E-state index contributed by atoms with van der Waals surface area (Å²) >= 11 is 13.1. The van der Waals surface area contributed by atoms with Crippen LogP contribution in [0.5, 0.6) is 11.5 Å². The number of morpholine rings is 1. The van der Waals surface area contributed by atoms with Crippen molar-refractivity contribution < 1.29 is 96.7 Å². The fourth-order valence-electron chi connectivity index (χ4n) is 12.3. The van der Waals surface area contributed by atoms with Crippen molar-refractivity contribution in [3.63, 3.8) is 0 Å². The smallest absolute Gasteiger partial charge is 0.317 e. The Morgan fingerprint density at radius 1 is 0.620 bits per heavy atom. The van der Waals surface area contributed by atoms with Crippen LogP contribution in [0.15, 0.2) is 54.6 Å². The number of carbonyl (C=O) groups is 8. The van der Waals surface area contributed by atoms with E-state index in [1.807, 2.05) is 30.9 Å². The molecule has 0 bridgehead atoms. The van der Waals surface area contributed by atoms with Gasteiger partial charge in [-0.05, 0) is 68.7 Å². The number of halogens is 2. The first kappa shape index (κ1) is 78.1. The molecule has 5 heterocycles. The Morgan fingerprint density at radius 3 is 1.69 bits per heavy atom. The Kier molecular flexibility index (Phi) is 30.5. The van der Waals surface area contributed by atoms with Crippen LogP contribution in [0.1, 0.15) is 62.0 Å². The van der Waals surface area contributed by atoms with Gasteiger partial charge in [-0.25, -0.2) is 4.68 Å². The van der Waals surface area contributed by atoms with Crippen molar-refractivity contribution in [3.8, 4) is 39.6 Å². The number of nitrogens with one attached hydrogen (secondary N) is 1. The summed E-state index contributed by atoms with van der Waals surface area (Å²) in [6.07, 6.45) is 0.437. The van der Waals surface area contributed by atoms with Gasteiger partial charge in [0, 0.05) is 136 Å². The van der Waals surface area contributed by atoms with Crippen molar-refractivity contribution in [2.45, 2.75) is 64.1 Å². The van der Waals surface area contributed by atoms with Gasteiger partial charge in [0.2, 0.25) is 17.7 Å². The number of aromatic nitrogens is 2. The summed E-state index contributed by atoms with van der Waals surface area (Å²) in [5, 5.41) is 46.4. The molecule has 0 spiro atoms. The maximum Gasteiger partial charge on any atom is 0.317 e. The Labute approximate surface area is 590 Å². The van der Waals surface area contributed by atoms with Gasteiger partial charge in [-0.1, -0.05) is 35.3 Å². The maximum atomic E-state index is 14.6. The van der Waals surface area contributed by atoms with E-state index < -0.39 is 35.3 Å². The highest BCUT2D eigenvalue weighted by Crippen LogP contribution is 2.47. The van der Waals surface area contributed by atoms with E-state index in [0.717, 1.165) is 0 Å². The average Bonchev–Trinajstić information content (AvgIpc) is 1.54. The number of anilines is 1. The van der Waals surface area contributed by atoms with Crippen LogP contribution >= 0.6 is 23.2 Å². The number of amides is 4. The van der Waals surface area contributed by atoms with E-state index in [-0.39, 0.29) is 173 Å².